The van der Waals surface area contributed by atoms with E-state index < -0.39 is 22.2 Å². The van der Waals surface area contributed by atoms with E-state index in [2.05, 4.69) is 35.8 Å². The van der Waals surface area contributed by atoms with Crippen LogP contribution in [0.3, 0.4) is 0 Å². The van der Waals surface area contributed by atoms with Gasteiger partial charge in [0.1, 0.15) is 0 Å². The summed E-state index contributed by atoms with van der Waals surface area (Å²) < 4.78 is 25.2. The number of aliphatic hydroxyl groups is 1. The lowest BCUT2D eigenvalue weighted by atomic mass is 9.74. The predicted molar refractivity (Wildman–Crippen MR) is 173 cm³/mol. The van der Waals surface area contributed by atoms with Crippen molar-refractivity contribution in [3.63, 3.8) is 0 Å². The van der Waals surface area contributed by atoms with Crippen LogP contribution in [0.5, 0.6) is 0 Å². The van der Waals surface area contributed by atoms with Crippen molar-refractivity contribution >= 4 is 21.8 Å². The average molecular weight is 625 g/mol. The van der Waals surface area contributed by atoms with Gasteiger partial charge in [0.2, 0.25) is 21.8 Å². The third-order valence-corrected chi connectivity index (χ3v) is 10.4. The van der Waals surface area contributed by atoms with E-state index in [0.29, 0.717) is 51.2 Å². The Bertz CT molecular complexity index is 1010. The molecule has 2 amide bonds. The molecule has 10 heteroatoms. The third-order valence-electron chi connectivity index (χ3n) is 8.79. The SMILES string of the molecule is CC#CC1CC(C(=O)NC(CC2CCCCC2)C(O)CN(CC)NS(=O)(=O)CC(C)C)CC(C(=O)N(CCC)CCC)C1. The first-order valence-electron chi connectivity index (χ1n) is 16.9. The molecule has 0 bridgehead atoms. The molecule has 0 heterocycles. The molecule has 3 N–H and O–H groups in total. The third kappa shape index (κ3) is 13.1. The second-order valence-electron chi connectivity index (χ2n) is 13.2. The summed E-state index contributed by atoms with van der Waals surface area (Å²) in [6.07, 6.45) is 8.87. The van der Waals surface area contributed by atoms with E-state index >= 15 is 0 Å². The second kappa shape index (κ2) is 19.0. The molecule has 2 aliphatic rings. The van der Waals surface area contributed by atoms with Gasteiger partial charge in [-0.15, -0.1) is 16.7 Å². The number of nitrogens with zero attached hydrogens (tertiary/aromatic N) is 2. The summed E-state index contributed by atoms with van der Waals surface area (Å²) in [6, 6.07) is -0.511. The molecular formula is C33H60N4O5S. The van der Waals surface area contributed by atoms with Gasteiger partial charge < -0.3 is 15.3 Å². The first-order chi connectivity index (χ1) is 20.4. The highest BCUT2D eigenvalue weighted by Gasteiger charge is 2.38. The fourth-order valence-electron chi connectivity index (χ4n) is 6.84. The number of rotatable bonds is 17. The van der Waals surface area contributed by atoms with Crippen molar-refractivity contribution in [2.75, 3.05) is 31.9 Å². The van der Waals surface area contributed by atoms with E-state index in [0.717, 1.165) is 38.5 Å². The predicted octanol–water partition coefficient (Wildman–Crippen LogP) is 4.32. The van der Waals surface area contributed by atoms with Crippen LogP contribution in [0.15, 0.2) is 0 Å². The van der Waals surface area contributed by atoms with Gasteiger partial charge in [-0.2, -0.15) is 0 Å². The lowest BCUT2D eigenvalue weighted by molar-refractivity contribution is -0.139. The van der Waals surface area contributed by atoms with Gasteiger partial charge in [-0.3, -0.25) is 9.59 Å². The Labute approximate surface area is 262 Å². The topological polar surface area (TPSA) is 119 Å². The number of hydrazine groups is 1. The Morgan fingerprint density at radius 3 is 2.16 bits per heavy atom. The Kier molecular flexibility index (Phi) is 16.6. The summed E-state index contributed by atoms with van der Waals surface area (Å²) in [5, 5.41) is 16.2. The van der Waals surface area contributed by atoms with E-state index in [1.807, 2.05) is 25.7 Å². The zero-order valence-electron chi connectivity index (χ0n) is 27.7. The molecule has 0 aliphatic heterocycles. The molecule has 248 valence electrons. The van der Waals surface area contributed by atoms with Crippen LogP contribution in [0.25, 0.3) is 0 Å². The number of carbonyl (C=O) groups excluding carboxylic acids is 2. The smallest absolute Gasteiger partial charge is 0.225 e. The van der Waals surface area contributed by atoms with E-state index in [1.165, 1.54) is 11.4 Å². The molecule has 0 radical (unpaired) electrons. The van der Waals surface area contributed by atoms with Gasteiger partial charge in [-0.25, -0.2) is 13.4 Å². The Hall–Kier alpha value is -1.67. The Balaban J connectivity index is 2.22. The Morgan fingerprint density at radius 1 is 0.977 bits per heavy atom. The summed E-state index contributed by atoms with van der Waals surface area (Å²) in [7, 11) is -3.54. The monoisotopic (exact) mass is 624 g/mol. The average Bonchev–Trinajstić information content (AvgIpc) is 2.95. The molecule has 0 aromatic heterocycles. The number of carbonyl (C=O) groups is 2. The molecule has 43 heavy (non-hydrogen) atoms. The molecule has 2 saturated carbocycles. The number of nitrogens with one attached hydrogen (secondary N) is 2. The number of amides is 2. The van der Waals surface area contributed by atoms with Crippen LogP contribution in [0.1, 0.15) is 112 Å². The molecule has 2 fully saturated rings. The van der Waals surface area contributed by atoms with Crippen molar-refractivity contribution in [1.29, 1.82) is 0 Å². The largest absolute Gasteiger partial charge is 0.390 e. The molecule has 5 atom stereocenters. The number of hydrogen-bond donors (Lipinski definition) is 3. The van der Waals surface area contributed by atoms with Gasteiger partial charge in [0.25, 0.3) is 0 Å². The van der Waals surface area contributed by atoms with Gasteiger partial charge in [-0.05, 0) is 57.3 Å². The molecule has 0 saturated heterocycles. The highest BCUT2D eigenvalue weighted by atomic mass is 32.2. The van der Waals surface area contributed by atoms with Crippen LogP contribution in [-0.4, -0.2) is 79.3 Å². The molecule has 0 spiro atoms. The summed E-state index contributed by atoms with van der Waals surface area (Å²) in [5.74, 6) is 5.96. The summed E-state index contributed by atoms with van der Waals surface area (Å²) >= 11 is 0. The lowest BCUT2D eigenvalue weighted by Crippen LogP contribution is -2.54. The molecule has 0 aromatic carbocycles. The fraction of sp³-hybridized carbons (Fsp3) is 0.879. The molecule has 9 nitrogen and oxygen atoms in total. The van der Waals surface area contributed by atoms with Crippen LogP contribution in [0.4, 0.5) is 0 Å². The molecule has 0 aromatic rings. The normalized spacial score (nSPS) is 23.0. The molecule has 5 unspecified atom stereocenters. The van der Waals surface area contributed by atoms with Crippen molar-refractivity contribution in [3.8, 4) is 11.8 Å². The first kappa shape index (κ1) is 37.5. The van der Waals surface area contributed by atoms with Crippen molar-refractivity contribution in [3.05, 3.63) is 0 Å². The minimum atomic E-state index is -3.54. The maximum absolute atomic E-state index is 13.9. The van der Waals surface area contributed by atoms with Crippen molar-refractivity contribution < 1.29 is 23.1 Å². The highest BCUT2D eigenvalue weighted by Crippen LogP contribution is 2.35. The minimum Gasteiger partial charge on any atom is -0.390 e. The van der Waals surface area contributed by atoms with Crippen LogP contribution in [-0.2, 0) is 19.6 Å². The number of hydrogen-bond acceptors (Lipinski definition) is 6. The summed E-state index contributed by atoms with van der Waals surface area (Å²) in [5.41, 5.74) is 0. The number of likely N-dealkylation sites (N-methyl/N-ethyl adjacent to an activating group) is 1. The van der Waals surface area contributed by atoms with Crippen LogP contribution >= 0.6 is 0 Å². The van der Waals surface area contributed by atoms with Crippen molar-refractivity contribution in [2.45, 2.75) is 124 Å². The van der Waals surface area contributed by atoms with Gasteiger partial charge in [0.05, 0.1) is 17.9 Å². The van der Waals surface area contributed by atoms with Crippen LogP contribution in [0.2, 0.25) is 0 Å². The zero-order chi connectivity index (χ0) is 32.0. The maximum atomic E-state index is 13.9. The van der Waals surface area contributed by atoms with Crippen LogP contribution < -0.4 is 10.1 Å². The highest BCUT2D eigenvalue weighted by molar-refractivity contribution is 7.89. The standard InChI is InChI=1S/C33H60N4O5S/c1-7-14-27-19-28(22-29(20-27)33(40)36(17-8-2)18-9-3)32(39)34-30(21-26-15-12-11-13-16-26)31(38)23-37(10-4)35-43(41,42)24-25(5)6/h25-31,35,38H,8-13,15-24H2,1-6H3,(H,34,39). The van der Waals surface area contributed by atoms with E-state index in [4.69, 9.17) is 0 Å². The van der Waals surface area contributed by atoms with Gasteiger partial charge in [0, 0.05) is 43.9 Å². The number of aliphatic hydroxyl groups excluding tert-OH is 1. The first-order valence-corrected chi connectivity index (χ1v) is 18.5. The van der Waals surface area contributed by atoms with E-state index in [9.17, 15) is 23.1 Å². The molecular weight excluding hydrogens is 564 g/mol. The Morgan fingerprint density at radius 2 is 1.60 bits per heavy atom. The fourth-order valence-corrected chi connectivity index (χ4v) is 8.39. The van der Waals surface area contributed by atoms with E-state index in [-0.39, 0.29) is 47.8 Å². The van der Waals surface area contributed by atoms with Gasteiger partial charge in [0.15, 0.2) is 0 Å². The zero-order valence-corrected chi connectivity index (χ0v) is 28.6. The molecule has 2 aliphatic carbocycles. The van der Waals surface area contributed by atoms with E-state index in [1.54, 1.807) is 6.92 Å². The number of sulfonamides is 1. The van der Waals surface area contributed by atoms with Crippen LogP contribution in [0, 0.1) is 41.4 Å². The van der Waals surface area contributed by atoms with Crippen molar-refractivity contribution in [1.82, 2.24) is 20.1 Å². The van der Waals surface area contributed by atoms with Gasteiger partial charge >= 0.3 is 0 Å². The summed E-state index contributed by atoms with van der Waals surface area (Å²) in [4.78, 5) is 32.0. The second-order valence-corrected chi connectivity index (χ2v) is 15.0. The van der Waals surface area contributed by atoms with Gasteiger partial charge in [-0.1, -0.05) is 66.7 Å². The summed E-state index contributed by atoms with van der Waals surface area (Å²) in [6.45, 7) is 13.4. The lowest BCUT2D eigenvalue weighted by Gasteiger charge is -2.37. The minimum absolute atomic E-state index is 0.000833. The van der Waals surface area contributed by atoms with Crippen molar-refractivity contribution in [2.24, 2.45) is 29.6 Å². The molecule has 2 rings (SSSR count). The quantitative estimate of drug-likeness (QED) is 0.164. The maximum Gasteiger partial charge on any atom is 0.225 e.